The van der Waals surface area contributed by atoms with Crippen molar-refractivity contribution in [2.24, 2.45) is 0 Å². The summed E-state index contributed by atoms with van der Waals surface area (Å²) in [5, 5.41) is 4.06. The summed E-state index contributed by atoms with van der Waals surface area (Å²) >= 11 is 0. The Morgan fingerprint density at radius 1 is 1.33 bits per heavy atom. The van der Waals surface area contributed by atoms with E-state index in [0.29, 0.717) is 5.92 Å². The number of rotatable bonds is 1. The third-order valence-corrected chi connectivity index (χ3v) is 2.67. The number of aryl methyl sites for hydroxylation is 1. The molecule has 1 fully saturated rings. The summed E-state index contributed by atoms with van der Waals surface area (Å²) in [4.78, 5) is 0. The highest BCUT2D eigenvalue weighted by Crippen LogP contribution is 2.31. The zero-order chi connectivity index (χ0) is 8.39. The molecule has 0 atom stereocenters. The molecule has 0 unspecified atom stereocenters. The molecule has 1 heterocycles. The third-order valence-electron chi connectivity index (χ3n) is 2.67. The topological polar surface area (TPSA) is 26.0 Å². The monoisotopic (exact) mass is 165 g/mol. The van der Waals surface area contributed by atoms with E-state index in [1.165, 1.54) is 37.8 Å². The Kier molecular flexibility index (Phi) is 2.15. The first-order valence-electron chi connectivity index (χ1n) is 4.79. The minimum Gasteiger partial charge on any atom is -0.361 e. The molecule has 1 aromatic rings. The van der Waals surface area contributed by atoms with Gasteiger partial charge in [-0.1, -0.05) is 24.4 Å². The highest BCUT2D eigenvalue weighted by atomic mass is 16.5. The highest BCUT2D eigenvalue weighted by Gasteiger charge is 2.18. The largest absolute Gasteiger partial charge is 0.361 e. The van der Waals surface area contributed by atoms with E-state index in [2.05, 4.69) is 11.2 Å². The predicted octanol–water partition coefficient (Wildman–Crippen LogP) is 3.03. The molecule has 0 aromatic carbocycles. The van der Waals surface area contributed by atoms with Crippen LogP contribution in [0.15, 0.2) is 10.6 Å². The maximum atomic E-state index is 5.07. The second kappa shape index (κ2) is 3.30. The second-order valence-electron chi connectivity index (χ2n) is 3.70. The fraction of sp³-hybridized carbons (Fsp3) is 0.700. The summed E-state index contributed by atoms with van der Waals surface area (Å²) in [6.45, 7) is 1.96. The van der Waals surface area contributed by atoms with Gasteiger partial charge in [0.05, 0.1) is 5.69 Å². The summed E-state index contributed by atoms with van der Waals surface area (Å²) in [7, 11) is 0. The zero-order valence-electron chi connectivity index (χ0n) is 7.55. The van der Waals surface area contributed by atoms with Crippen LogP contribution >= 0.6 is 0 Å². The van der Waals surface area contributed by atoms with Gasteiger partial charge in [0.15, 0.2) is 0 Å². The van der Waals surface area contributed by atoms with Crippen molar-refractivity contribution in [1.29, 1.82) is 0 Å². The Morgan fingerprint density at radius 3 is 2.67 bits per heavy atom. The van der Waals surface area contributed by atoms with Crippen molar-refractivity contribution in [3.63, 3.8) is 0 Å². The Labute approximate surface area is 72.9 Å². The summed E-state index contributed by atoms with van der Waals surface area (Å²) in [6, 6.07) is 2.08. The van der Waals surface area contributed by atoms with E-state index in [9.17, 15) is 0 Å². The summed E-state index contributed by atoms with van der Waals surface area (Å²) in [6.07, 6.45) is 6.71. The first-order valence-corrected chi connectivity index (χ1v) is 4.79. The van der Waals surface area contributed by atoms with Gasteiger partial charge in [0.25, 0.3) is 0 Å². The second-order valence-corrected chi connectivity index (χ2v) is 3.70. The van der Waals surface area contributed by atoms with Crippen LogP contribution in [0.2, 0.25) is 0 Å². The molecule has 0 aliphatic heterocycles. The standard InChI is InChI=1S/C10H15NO/c1-8-7-10(11-12-8)9-5-3-2-4-6-9/h7,9H,2-6H2,1H3. The van der Waals surface area contributed by atoms with E-state index < -0.39 is 0 Å². The smallest absolute Gasteiger partial charge is 0.133 e. The molecule has 0 saturated heterocycles. The molecule has 12 heavy (non-hydrogen) atoms. The molecule has 66 valence electrons. The molecule has 0 radical (unpaired) electrons. The van der Waals surface area contributed by atoms with Crippen LogP contribution < -0.4 is 0 Å². The number of hydrogen-bond donors (Lipinski definition) is 0. The van der Waals surface area contributed by atoms with Gasteiger partial charge in [0, 0.05) is 12.0 Å². The molecule has 0 amide bonds. The SMILES string of the molecule is Cc1cc(C2CCCCC2)no1. The minimum absolute atomic E-state index is 0.677. The van der Waals surface area contributed by atoms with E-state index in [-0.39, 0.29) is 0 Å². The Hall–Kier alpha value is -0.790. The average Bonchev–Trinajstić information content (AvgIpc) is 2.54. The van der Waals surface area contributed by atoms with Crippen LogP contribution in [-0.2, 0) is 0 Å². The van der Waals surface area contributed by atoms with Crippen molar-refractivity contribution < 1.29 is 4.52 Å². The van der Waals surface area contributed by atoms with Gasteiger partial charge >= 0.3 is 0 Å². The fourth-order valence-corrected chi connectivity index (χ4v) is 1.98. The van der Waals surface area contributed by atoms with Crippen LogP contribution in [0.25, 0.3) is 0 Å². The van der Waals surface area contributed by atoms with Gasteiger partial charge in [-0.05, 0) is 19.8 Å². The van der Waals surface area contributed by atoms with Crippen LogP contribution in [0.5, 0.6) is 0 Å². The van der Waals surface area contributed by atoms with Crippen molar-refractivity contribution in [1.82, 2.24) is 5.16 Å². The predicted molar refractivity (Wildman–Crippen MR) is 47.1 cm³/mol. The van der Waals surface area contributed by atoms with Gasteiger partial charge in [-0.2, -0.15) is 0 Å². The van der Waals surface area contributed by atoms with Crippen LogP contribution in [0.1, 0.15) is 49.5 Å². The maximum Gasteiger partial charge on any atom is 0.133 e. The minimum atomic E-state index is 0.677. The van der Waals surface area contributed by atoms with Crippen molar-refractivity contribution in [3.8, 4) is 0 Å². The maximum absolute atomic E-state index is 5.07. The molecule has 2 rings (SSSR count). The lowest BCUT2D eigenvalue weighted by molar-refractivity contribution is 0.367. The van der Waals surface area contributed by atoms with E-state index in [4.69, 9.17) is 4.52 Å². The van der Waals surface area contributed by atoms with E-state index in [1.54, 1.807) is 0 Å². The van der Waals surface area contributed by atoms with Gasteiger partial charge in [0.2, 0.25) is 0 Å². The molecule has 1 aliphatic rings. The molecule has 1 aliphatic carbocycles. The number of aromatic nitrogens is 1. The van der Waals surface area contributed by atoms with Crippen LogP contribution in [0, 0.1) is 6.92 Å². The van der Waals surface area contributed by atoms with Crippen LogP contribution in [0.4, 0.5) is 0 Å². The Morgan fingerprint density at radius 2 is 2.08 bits per heavy atom. The lowest BCUT2D eigenvalue weighted by Gasteiger charge is -2.18. The van der Waals surface area contributed by atoms with E-state index in [0.717, 1.165) is 5.76 Å². The van der Waals surface area contributed by atoms with Gasteiger partial charge in [-0.15, -0.1) is 0 Å². The number of nitrogens with zero attached hydrogens (tertiary/aromatic N) is 1. The lowest BCUT2D eigenvalue weighted by Crippen LogP contribution is -2.04. The van der Waals surface area contributed by atoms with Crippen molar-refractivity contribution in [2.75, 3.05) is 0 Å². The summed E-state index contributed by atoms with van der Waals surface area (Å²) in [5.74, 6) is 1.62. The van der Waals surface area contributed by atoms with Gasteiger partial charge < -0.3 is 4.52 Å². The molecular formula is C10H15NO. The van der Waals surface area contributed by atoms with Gasteiger partial charge in [-0.25, -0.2) is 0 Å². The fourth-order valence-electron chi connectivity index (χ4n) is 1.98. The van der Waals surface area contributed by atoms with Crippen molar-refractivity contribution in [2.45, 2.75) is 44.9 Å². The third kappa shape index (κ3) is 1.52. The molecule has 2 nitrogen and oxygen atoms in total. The molecule has 0 N–H and O–H groups in total. The number of hydrogen-bond acceptors (Lipinski definition) is 2. The Bertz CT molecular complexity index is 248. The van der Waals surface area contributed by atoms with E-state index in [1.807, 2.05) is 6.92 Å². The zero-order valence-corrected chi connectivity index (χ0v) is 7.55. The summed E-state index contributed by atoms with van der Waals surface area (Å²) < 4.78 is 5.07. The molecule has 0 bridgehead atoms. The molecule has 1 saturated carbocycles. The molecule has 1 aromatic heterocycles. The first kappa shape index (κ1) is 7.84. The first-order chi connectivity index (χ1) is 5.86. The average molecular weight is 165 g/mol. The normalized spacial score (nSPS) is 19.8. The Balaban J connectivity index is 2.08. The van der Waals surface area contributed by atoms with Crippen LogP contribution in [0.3, 0.4) is 0 Å². The highest BCUT2D eigenvalue weighted by molar-refractivity contribution is 5.09. The van der Waals surface area contributed by atoms with Crippen LogP contribution in [-0.4, -0.2) is 5.16 Å². The van der Waals surface area contributed by atoms with Gasteiger partial charge in [-0.3, -0.25) is 0 Å². The quantitative estimate of drug-likeness (QED) is 0.639. The van der Waals surface area contributed by atoms with E-state index >= 15 is 0 Å². The lowest BCUT2D eigenvalue weighted by atomic mass is 9.87. The van der Waals surface area contributed by atoms with Gasteiger partial charge in [0.1, 0.15) is 5.76 Å². The van der Waals surface area contributed by atoms with Crippen molar-refractivity contribution in [3.05, 3.63) is 17.5 Å². The molecular weight excluding hydrogens is 150 g/mol. The summed E-state index contributed by atoms with van der Waals surface area (Å²) in [5.41, 5.74) is 1.17. The molecule has 0 spiro atoms. The molecule has 2 heteroatoms. The van der Waals surface area contributed by atoms with Crippen molar-refractivity contribution >= 4 is 0 Å².